The van der Waals surface area contributed by atoms with E-state index in [9.17, 15) is 4.79 Å². The van der Waals surface area contributed by atoms with E-state index in [-0.39, 0.29) is 11.9 Å². The molecule has 2 rings (SSSR count). The van der Waals surface area contributed by atoms with Crippen LogP contribution in [0.25, 0.3) is 0 Å². The van der Waals surface area contributed by atoms with Gasteiger partial charge in [0.15, 0.2) is 5.82 Å². The number of nitrogens with zero attached hydrogens (tertiary/aromatic N) is 3. The Morgan fingerprint density at radius 2 is 2.30 bits per heavy atom. The van der Waals surface area contributed by atoms with Crippen LogP contribution in [-0.4, -0.2) is 26.5 Å². The van der Waals surface area contributed by atoms with Gasteiger partial charge in [-0.05, 0) is 31.4 Å². The molecule has 0 spiro atoms. The first-order valence-electron chi connectivity index (χ1n) is 6.81. The fraction of sp³-hybridized carbons (Fsp3) is 0.538. The Morgan fingerprint density at radius 3 is 2.90 bits per heavy atom. The van der Waals surface area contributed by atoms with Gasteiger partial charge in [-0.25, -0.2) is 0 Å². The topological polar surface area (TPSA) is 83.6 Å². The van der Waals surface area contributed by atoms with E-state index in [1.807, 2.05) is 13.0 Å². The van der Waals surface area contributed by atoms with Crippen molar-refractivity contribution in [2.24, 2.45) is 0 Å². The van der Waals surface area contributed by atoms with Gasteiger partial charge in [0.1, 0.15) is 0 Å². The summed E-state index contributed by atoms with van der Waals surface area (Å²) in [6.07, 6.45) is 3.08. The summed E-state index contributed by atoms with van der Waals surface area (Å²) in [6, 6.07) is 1.73. The van der Waals surface area contributed by atoms with Crippen molar-refractivity contribution in [2.75, 3.05) is 0 Å². The summed E-state index contributed by atoms with van der Waals surface area (Å²) < 4.78 is 0. The largest absolute Gasteiger partial charge is 0.341 e. The van der Waals surface area contributed by atoms with Gasteiger partial charge in [-0.2, -0.15) is 5.21 Å². The second kappa shape index (κ2) is 6.60. The van der Waals surface area contributed by atoms with E-state index >= 15 is 0 Å². The lowest BCUT2D eigenvalue weighted by Crippen LogP contribution is -2.26. The Morgan fingerprint density at radius 1 is 1.50 bits per heavy atom. The van der Waals surface area contributed by atoms with Gasteiger partial charge in [-0.1, -0.05) is 25.5 Å². The zero-order valence-electron chi connectivity index (χ0n) is 11.9. The molecular weight excluding hydrogens is 274 g/mol. The molecule has 0 radical (unpaired) electrons. The standard InChI is InChI=1S/C13H19N5OS/c1-4-6-10-9(5-2)7-11(20-10)13(19)14-8(3)12-15-17-18-16-12/h7-8H,4-6H2,1-3H3,(H,14,19)(H,15,16,17,18). The number of thiophene rings is 1. The lowest BCUT2D eigenvalue weighted by atomic mass is 10.1. The van der Waals surface area contributed by atoms with Crippen LogP contribution in [-0.2, 0) is 12.8 Å². The van der Waals surface area contributed by atoms with Crippen molar-refractivity contribution in [1.29, 1.82) is 0 Å². The average Bonchev–Trinajstić information content (AvgIpc) is 3.08. The van der Waals surface area contributed by atoms with Crippen molar-refractivity contribution in [3.05, 3.63) is 27.2 Å². The van der Waals surface area contributed by atoms with Gasteiger partial charge in [-0.3, -0.25) is 4.79 Å². The van der Waals surface area contributed by atoms with Crippen LogP contribution in [0.5, 0.6) is 0 Å². The molecule has 2 heterocycles. The summed E-state index contributed by atoms with van der Waals surface area (Å²) in [5, 5.41) is 16.5. The molecule has 0 fully saturated rings. The molecule has 2 aromatic heterocycles. The number of amides is 1. The second-order valence-corrected chi connectivity index (χ2v) is 5.76. The Labute approximate surface area is 122 Å². The van der Waals surface area contributed by atoms with E-state index in [2.05, 4.69) is 39.8 Å². The third-order valence-electron chi connectivity index (χ3n) is 3.08. The number of tetrazole rings is 1. The first-order valence-corrected chi connectivity index (χ1v) is 7.63. The van der Waals surface area contributed by atoms with Crippen LogP contribution in [0.2, 0.25) is 0 Å². The first-order chi connectivity index (χ1) is 9.65. The maximum absolute atomic E-state index is 12.2. The summed E-state index contributed by atoms with van der Waals surface area (Å²) >= 11 is 1.58. The maximum atomic E-state index is 12.2. The minimum absolute atomic E-state index is 0.0793. The molecule has 108 valence electrons. The van der Waals surface area contributed by atoms with E-state index in [1.54, 1.807) is 11.3 Å². The van der Waals surface area contributed by atoms with Gasteiger partial charge in [0.05, 0.1) is 10.9 Å². The van der Waals surface area contributed by atoms with E-state index < -0.39 is 0 Å². The number of hydrogen-bond donors (Lipinski definition) is 2. The highest BCUT2D eigenvalue weighted by Gasteiger charge is 2.18. The van der Waals surface area contributed by atoms with Crippen LogP contribution in [0.3, 0.4) is 0 Å². The van der Waals surface area contributed by atoms with Gasteiger partial charge in [0, 0.05) is 4.88 Å². The molecular formula is C13H19N5OS. The lowest BCUT2D eigenvalue weighted by Gasteiger charge is -2.08. The normalized spacial score (nSPS) is 12.3. The van der Waals surface area contributed by atoms with Crippen LogP contribution in [0, 0.1) is 0 Å². The van der Waals surface area contributed by atoms with Crippen LogP contribution >= 0.6 is 11.3 Å². The van der Waals surface area contributed by atoms with Crippen molar-refractivity contribution >= 4 is 17.2 Å². The number of aryl methyl sites for hydroxylation is 2. The number of aromatic nitrogens is 4. The monoisotopic (exact) mass is 293 g/mol. The molecule has 7 heteroatoms. The quantitative estimate of drug-likeness (QED) is 0.855. The first kappa shape index (κ1) is 14.6. The highest BCUT2D eigenvalue weighted by atomic mass is 32.1. The fourth-order valence-corrected chi connectivity index (χ4v) is 3.26. The summed E-state index contributed by atoms with van der Waals surface area (Å²) in [5.74, 6) is 0.406. The molecule has 6 nitrogen and oxygen atoms in total. The third kappa shape index (κ3) is 3.22. The number of H-pyrrole nitrogens is 1. The van der Waals surface area contributed by atoms with Gasteiger partial charge >= 0.3 is 0 Å². The molecule has 1 atom stereocenters. The molecule has 0 aromatic carbocycles. The van der Waals surface area contributed by atoms with Crippen molar-refractivity contribution in [3.8, 4) is 0 Å². The van der Waals surface area contributed by atoms with E-state index in [0.29, 0.717) is 5.82 Å². The fourth-order valence-electron chi connectivity index (χ4n) is 2.00. The molecule has 0 aliphatic carbocycles. The second-order valence-electron chi connectivity index (χ2n) is 4.63. The summed E-state index contributed by atoms with van der Waals surface area (Å²) in [4.78, 5) is 14.3. The SMILES string of the molecule is CCCc1sc(C(=O)NC(C)c2nn[nH]n2)cc1CC. The molecule has 1 amide bonds. The Hall–Kier alpha value is -1.76. The van der Waals surface area contributed by atoms with Crippen LogP contribution in [0.15, 0.2) is 6.07 Å². The Balaban J connectivity index is 2.09. The molecule has 20 heavy (non-hydrogen) atoms. The van der Waals surface area contributed by atoms with E-state index in [0.717, 1.165) is 24.1 Å². The number of hydrogen-bond acceptors (Lipinski definition) is 5. The van der Waals surface area contributed by atoms with Crippen molar-refractivity contribution < 1.29 is 4.79 Å². The van der Waals surface area contributed by atoms with Gasteiger partial charge in [0.2, 0.25) is 0 Å². The molecule has 0 aliphatic rings. The molecule has 0 saturated carbocycles. The zero-order valence-corrected chi connectivity index (χ0v) is 12.8. The molecule has 2 N–H and O–H groups in total. The number of carbonyl (C=O) groups excluding carboxylic acids is 1. The Bertz CT molecular complexity index is 563. The molecule has 1 unspecified atom stereocenters. The number of rotatable bonds is 6. The zero-order chi connectivity index (χ0) is 14.5. The molecule has 2 aromatic rings. The van der Waals surface area contributed by atoms with Gasteiger partial charge < -0.3 is 5.32 Å². The highest BCUT2D eigenvalue weighted by Crippen LogP contribution is 2.25. The summed E-state index contributed by atoms with van der Waals surface area (Å²) in [6.45, 7) is 6.10. The van der Waals surface area contributed by atoms with Crippen LogP contribution < -0.4 is 5.32 Å². The summed E-state index contributed by atoms with van der Waals surface area (Å²) in [7, 11) is 0. The minimum atomic E-state index is -0.261. The summed E-state index contributed by atoms with van der Waals surface area (Å²) in [5.41, 5.74) is 1.27. The number of nitrogens with one attached hydrogen (secondary N) is 2. The van der Waals surface area contributed by atoms with E-state index in [1.165, 1.54) is 10.4 Å². The van der Waals surface area contributed by atoms with Crippen LogP contribution in [0.4, 0.5) is 0 Å². The lowest BCUT2D eigenvalue weighted by molar-refractivity contribution is 0.0942. The third-order valence-corrected chi connectivity index (χ3v) is 4.31. The highest BCUT2D eigenvalue weighted by molar-refractivity contribution is 7.14. The van der Waals surface area contributed by atoms with E-state index in [4.69, 9.17) is 0 Å². The number of carbonyl (C=O) groups is 1. The van der Waals surface area contributed by atoms with Gasteiger partial charge in [0.25, 0.3) is 5.91 Å². The molecule has 0 bridgehead atoms. The number of aromatic amines is 1. The van der Waals surface area contributed by atoms with Crippen molar-refractivity contribution in [2.45, 2.75) is 46.1 Å². The average molecular weight is 293 g/mol. The Kier molecular flexibility index (Phi) is 4.84. The smallest absolute Gasteiger partial charge is 0.261 e. The van der Waals surface area contributed by atoms with Crippen molar-refractivity contribution in [3.63, 3.8) is 0 Å². The van der Waals surface area contributed by atoms with Crippen LogP contribution in [0.1, 0.15) is 59.2 Å². The van der Waals surface area contributed by atoms with Gasteiger partial charge in [-0.15, -0.1) is 21.5 Å². The maximum Gasteiger partial charge on any atom is 0.261 e. The van der Waals surface area contributed by atoms with Crippen molar-refractivity contribution in [1.82, 2.24) is 25.9 Å². The molecule has 0 saturated heterocycles. The predicted molar refractivity (Wildman–Crippen MR) is 77.8 cm³/mol. The molecule has 0 aliphatic heterocycles. The predicted octanol–water partition coefficient (Wildman–Crippen LogP) is 2.27. The minimum Gasteiger partial charge on any atom is -0.341 e.